The molecule has 0 heterocycles. The molecule has 6 unspecified atom stereocenters. The number of Topliss-reactive ketones (excluding diaryl/α,β-unsaturated/α-hetero) is 2. The van der Waals surface area contributed by atoms with Gasteiger partial charge in [-0.15, -0.1) is 36.6 Å². The van der Waals surface area contributed by atoms with Crippen LogP contribution >= 0.6 is 0 Å². The Hall–Kier alpha value is 1.31. The predicted octanol–water partition coefficient (Wildman–Crippen LogP) is 5.38. The summed E-state index contributed by atoms with van der Waals surface area (Å²) in [6.45, 7) is 45.0. The number of ketones is 2. The third-order valence-electron chi connectivity index (χ3n) is 9.07. The van der Waals surface area contributed by atoms with Crippen LogP contribution in [-0.2, 0) is 75.0 Å². The zero-order chi connectivity index (χ0) is 43.4. The fraction of sp³-hybridized carbons (Fsp3) is 0.955. The van der Waals surface area contributed by atoms with Gasteiger partial charge >= 0.3 is 65.4 Å². The third kappa shape index (κ3) is 34.2. The number of carbonyl (C=O) groups is 2. The molecule has 0 amide bonds. The minimum atomic E-state index is -0.755. The summed E-state index contributed by atoms with van der Waals surface area (Å²) in [6, 6.07) is 0. The Morgan fingerprint density at radius 1 is 0.315 bits per heavy atom. The molecule has 316 valence electrons. The van der Waals surface area contributed by atoms with Crippen molar-refractivity contribution in [2.75, 3.05) is 0 Å². The minimum absolute atomic E-state index is 0. The van der Waals surface area contributed by atoms with Gasteiger partial charge in [-0.05, 0) is 0 Å². The van der Waals surface area contributed by atoms with Gasteiger partial charge in [-0.3, -0.25) is 9.59 Å². The maximum absolute atomic E-state index is 11.6. The first kappa shape index (κ1) is 67.1. The first-order valence-electron chi connectivity index (χ1n) is 19.2. The Morgan fingerprint density at radius 3 is 0.500 bits per heavy atom. The second kappa shape index (κ2) is 25.8. The first-order chi connectivity index (χ1) is 22.2. The molecule has 6 atom stereocenters. The molecule has 10 heteroatoms. The molecule has 0 aliphatic rings. The van der Waals surface area contributed by atoms with Crippen LogP contribution in [0.3, 0.4) is 0 Å². The molecule has 54 heavy (non-hydrogen) atoms. The number of carbonyl (C=O) groups excluding carboxylic acids is 2. The van der Waals surface area contributed by atoms with Crippen molar-refractivity contribution in [3.05, 3.63) is 0 Å². The van der Waals surface area contributed by atoms with Crippen molar-refractivity contribution in [1.29, 1.82) is 0 Å². The Bertz CT molecular complexity index is 835. The second-order valence-electron chi connectivity index (χ2n) is 23.4. The van der Waals surface area contributed by atoms with E-state index in [2.05, 4.69) is 0 Å². The van der Waals surface area contributed by atoms with Crippen molar-refractivity contribution >= 4 is 11.6 Å². The number of hydrogen-bond donors (Lipinski definition) is 0. The molecule has 0 bridgehead atoms. The van der Waals surface area contributed by atoms with Crippen molar-refractivity contribution in [3.8, 4) is 0 Å². The summed E-state index contributed by atoms with van der Waals surface area (Å²) < 4.78 is 0. The summed E-state index contributed by atoms with van der Waals surface area (Å²) in [5, 5.41) is 69.6. The van der Waals surface area contributed by atoms with Crippen LogP contribution in [0.25, 0.3) is 0 Å². The Kier molecular flexibility index (Phi) is 32.1. The largest absolute Gasteiger partial charge is 3.00 e. The van der Waals surface area contributed by atoms with Gasteiger partial charge in [-0.2, -0.15) is 0 Å². The van der Waals surface area contributed by atoms with Crippen molar-refractivity contribution in [1.82, 2.24) is 0 Å². The van der Waals surface area contributed by atoms with E-state index in [9.17, 15) is 40.2 Å². The quantitative estimate of drug-likeness (QED) is 0.292. The van der Waals surface area contributed by atoms with E-state index in [1.807, 2.05) is 166 Å². The van der Waals surface area contributed by atoms with Crippen LogP contribution in [0.1, 0.15) is 192 Å². The van der Waals surface area contributed by atoms with E-state index in [1.54, 1.807) is 0 Å². The second-order valence-corrected chi connectivity index (χ2v) is 23.4. The van der Waals surface area contributed by atoms with Gasteiger partial charge in [0.05, 0.1) is 6.42 Å². The van der Waals surface area contributed by atoms with Crippen LogP contribution in [0.4, 0.5) is 0 Å². The van der Waals surface area contributed by atoms with Crippen molar-refractivity contribution in [2.24, 2.45) is 43.3 Å². The van der Waals surface area contributed by atoms with Crippen molar-refractivity contribution in [3.63, 3.8) is 0 Å². The first-order valence-corrected chi connectivity index (χ1v) is 19.2. The van der Waals surface area contributed by atoms with Gasteiger partial charge in [0.15, 0.2) is 0 Å². The van der Waals surface area contributed by atoms with Gasteiger partial charge in [-0.1, -0.05) is 218 Å². The van der Waals surface area contributed by atoms with E-state index >= 15 is 0 Å². The molecule has 0 rings (SSSR count). The molecule has 0 saturated carbocycles. The predicted molar refractivity (Wildman–Crippen MR) is 207 cm³/mol. The molecule has 0 fully saturated rings. The Morgan fingerprint density at radius 2 is 0.426 bits per heavy atom. The van der Waals surface area contributed by atoms with Crippen LogP contribution in [0, 0.1) is 43.3 Å². The van der Waals surface area contributed by atoms with Gasteiger partial charge in [-0.25, -0.2) is 0 Å². The van der Waals surface area contributed by atoms with E-state index in [0.29, 0.717) is 0 Å². The van der Waals surface area contributed by atoms with Crippen molar-refractivity contribution in [2.45, 2.75) is 228 Å². The van der Waals surface area contributed by atoms with E-state index < -0.39 is 47.5 Å². The number of rotatable bonds is 8. The fourth-order valence-electron chi connectivity index (χ4n) is 3.38. The van der Waals surface area contributed by atoms with E-state index in [-0.39, 0.29) is 135 Å². The molecule has 0 aliphatic carbocycles. The SMILES string of the molecule is CC(C)(C)C(=O)CC(=O)C(C)(C)C.CC(C)(C)C([O-])CC([O-])C(C)(C)C.CC(C)(C)C([O-])CC([O-])C(C)(C)C.CC(C)(C)C([O-])CC([O-])C(C)(C)C.[Y+3].[Y+3]. The normalized spacial score (nSPS) is 16.4. The Balaban J connectivity index is -0.000000140. The minimum Gasteiger partial charge on any atom is -0.852 e. The van der Waals surface area contributed by atoms with E-state index in [1.165, 1.54) is 0 Å². The zero-order valence-corrected chi connectivity index (χ0v) is 45.4. The molecule has 0 spiro atoms. The monoisotopic (exact) mass is 920 g/mol. The standard InChI is InChI=1S/3C11H22O2.C11H20O2.2Y/c4*1-10(2,3)8(12)7-9(13)11(4,5)6;;/h3*8-9H,7H2,1-6H3;7H2,1-6H3;;/q3*-2;;2*+3. The van der Waals surface area contributed by atoms with Crippen LogP contribution in [0.5, 0.6) is 0 Å². The topological polar surface area (TPSA) is 172 Å². The molecule has 0 aromatic carbocycles. The van der Waals surface area contributed by atoms with Crippen molar-refractivity contribution < 1.29 is 106 Å². The fourth-order valence-corrected chi connectivity index (χ4v) is 3.38. The smallest absolute Gasteiger partial charge is 0.852 e. The van der Waals surface area contributed by atoms with E-state index in [4.69, 9.17) is 0 Å². The summed E-state index contributed by atoms with van der Waals surface area (Å²) in [4.78, 5) is 23.0. The molecular weight excluding hydrogens is 834 g/mol. The third-order valence-corrected chi connectivity index (χ3v) is 9.07. The summed E-state index contributed by atoms with van der Waals surface area (Å²) >= 11 is 0. The molecule has 0 aliphatic heterocycles. The van der Waals surface area contributed by atoms with Gasteiger partial charge < -0.3 is 30.6 Å². The van der Waals surface area contributed by atoms with Gasteiger partial charge in [0.25, 0.3) is 0 Å². The summed E-state index contributed by atoms with van der Waals surface area (Å²) in [6.07, 6.45) is -3.78. The zero-order valence-electron chi connectivity index (χ0n) is 39.7. The number of hydrogen-bond acceptors (Lipinski definition) is 8. The van der Waals surface area contributed by atoms with Crippen LogP contribution in [-0.4, -0.2) is 48.2 Å². The average molecular weight is 921 g/mol. The molecule has 0 radical (unpaired) electrons. The Labute approximate surface area is 385 Å². The maximum atomic E-state index is 11.6. The maximum Gasteiger partial charge on any atom is 3.00 e. The summed E-state index contributed by atoms with van der Waals surface area (Å²) in [7, 11) is 0. The summed E-state index contributed by atoms with van der Waals surface area (Å²) in [5.74, 6) is 0.0415. The molecular formula is C44H86O8Y2. The van der Waals surface area contributed by atoms with Gasteiger partial charge in [0.2, 0.25) is 0 Å². The average Bonchev–Trinajstić information content (AvgIpc) is 2.85. The van der Waals surface area contributed by atoms with Crippen LogP contribution in [0.15, 0.2) is 0 Å². The van der Waals surface area contributed by atoms with E-state index in [0.717, 1.165) is 0 Å². The van der Waals surface area contributed by atoms with Crippen LogP contribution < -0.4 is 30.6 Å². The van der Waals surface area contributed by atoms with Gasteiger partial charge in [0, 0.05) is 10.8 Å². The molecule has 0 N–H and O–H groups in total. The molecule has 0 aromatic rings. The molecule has 8 nitrogen and oxygen atoms in total. The molecule has 0 aromatic heterocycles. The van der Waals surface area contributed by atoms with Gasteiger partial charge in [0.1, 0.15) is 11.6 Å². The molecule has 0 saturated heterocycles. The van der Waals surface area contributed by atoms with Crippen LogP contribution in [0.2, 0.25) is 0 Å². The summed E-state index contributed by atoms with van der Waals surface area (Å²) in [5.41, 5.74) is -2.59.